The third-order valence-corrected chi connectivity index (χ3v) is 6.36. The van der Waals surface area contributed by atoms with Crippen LogP contribution in [-0.2, 0) is 11.2 Å². The van der Waals surface area contributed by atoms with E-state index in [4.69, 9.17) is 11.6 Å². The number of fused-ring (bicyclic) bond motifs is 1. The van der Waals surface area contributed by atoms with Crippen LogP contribution in [-0.4, -0.2) is 28.9 Å². The van der Waals surface area contributed by atoms with Gasteiger partial charge in [0.15, 0.2) is 0 Å². The van der Waals surface area contributed by atoms with Crippen molar-refractivity contribution >= 4 is 46.0 Å². The van der Waals surface area contributed by atoms with E-state index in [1.807, 2.05) is 0 Å². The van der Waals surface area contributed by atoms with E-state index in [2.05, 4.69) is 44.2 Å². The van der Waals surface area contributed by atoms with Crippen LogP contribution >= 0.6 is 34.3 Å². The topological polar surface area (TPSA) is 45.2 Å². The number of carbonyl (C=O) groups excluding carboxylic acids is 1. The molecule has 7 heteroatoms. The van der Waals surface area contributed by atoms with Crippen LogP contribution in [0, 0.1) is 0 Å². The van der Waals surface area contributed by atoms with E-state index in [-0.39, 0.29) is 11.9 Å². The van der Waals surface area contributed by atoms with Crippen molar-refractivity contribution in [3.63, 3.8) is 0 Å². The molecule has 4 heterocycles. The lowest BCUT2D eigenvalue weighted by atomic mass is 9.98. The molecule has 0 aromatic carbocycles. The Hall–Kier alpha value is -1.73. The van der Waals surface area contributed by atoms with E-state index >= 15 is 0 Å². The fourth-order valence-electron chi connectivity index (χ4n) is 3.14. The summed E-state index contributed by atoms with van der Waals surface area (Å²) in [6.07, 6.45) is 2.52. The summed E-state index contributed by atoms with van der Waals surface area (Å²) in [4.78, 5) is 21.6. The van der Waals surface area contributed by atoms with Gasteiger partial charge in [0.25, 0.3) is 0 Å². The highest BCUT2D eigenvalue weighted by Crippen LogP contribution is 2.39. The van der Waals surface area contributed by atoms with Gasteiger partial charge in [-0.15, -0.1) is 22.7 Å². The highest BCUT2D eigenvalue weighted by atomic mass is 35.5. The van der Waals surface area contributed by atoms with Gasteiger partial charge in [0.2, 0.25) is 5.91 Å². The summed E-state index contributed by atoms with van der Waals surface area (Å²) in [5.41, 5.74) is 1.33. The van der Waals surface area contributed by atoms with Crippen LogP contribution in [0.5, 0.6) is 0 Å². The standard InChI is InChI=1S/C18H16ClN3OS2/c19-12-3-4-16(20-10-12)21-17(23)11-22-7-5-14-13(6-9-25-14)18(22)15-2-1-8-24-15/h1-4,6,8-10,18H,5,7,11H2,(H,20,21,23). The monoisotopic (exact) mass is 389 g/mol. The molecule has 3 aromatic rings. The lowest BCUT2D eigenvalue weighted by Gasteiger charge is -2.34. The maximum absolute atomic E-state index is 12.5. The van der Waals surface area contributed by atoms with Gasteiger partial charge in [0, 0.05) is 22.5 Å². The van der Waals surface area contributed by atoms with E-state index in [1.54, 1.807) is 34.8 Å². The van der Waals surface area contributed by atoms with Gasteiger partial charge in [-0.1, -0.05) is 17.7 Å². The second kappa shape index (κ2) is 7.25. The zero-order chi connectivity index (χ0) is 17.2. The van der Waals surface area contributed by atoms with E-state index in [0.717, 1.165) is 13.0 Å². The van der Waals surface area contributed by atoms with Gasteiger partial charge in [0.1, 0.15) is 5.82 Å². The van der Waals surface area contributed by atoms with Gasteiger partial charge >= 0.3 is 0 Å². The maximum atomic E-state index is 12.5. The molecule has 1 N–H and O–H groups in total. The van der Waals surface area contributed by atoms with Gasteiger partial charge in [-0.2, -0.15) is 0 Å². The van der Waals surface area contributed by atoms with E-state index < -0.39 is 0 Å². The van der Waals surface area contributed by atoms with Crippen molar-refractivity contribution in [3.05, 3.63) is 67.6 Å². The van der Waals surface area contributed by atoms with Gasteiger partial charge in [-0.05, 0) is 47.0 Å². The second-order valence-electron chi connectivity index (χ2n) is 5.85. The number of nitrogens with one attached hydrogen (secondary N) is 1. The molecule has 0 bridgehead atoms. The van der Waals surface area contributed by atoms with Crippen LogP contribution in [0.1, 0.15) is 21.4 Å². The second-order valence-corrected chi connectivity index (χ2v) is 8.26. The van der Waals surface area contributed by atoms with Crippen LogP contribution in [0.15, 0.2) is 47.3 Å². The highest BCUT2D eigenvalue weighted by molar-refractivity contribution is 7.10. The smallest absolute Gasteiger partial charge is 0.239 e. The summed E-state index contributed by atoms with van der Waals surface area (Å²) in [5, 5.41) is 7.64. The molecule has 1 aliphatic rings. The third kappa shape index (κ3) is 3.62. The SMILES string of the molecule is O=C(CN1CCc2sccc2C1c1cccs1)Nc1ccc(Cl)cn1. The zero-order valence-corrected chi connectivity index (χ0v) is 15.7. The molecule has 25 heavy (non-hydrogen) atoms. The van der Waals surface area contributed by atoms with Crippen LogP contribution in [0.2, 0.25) is 5.02 Å². The Morgan fingerprint density at radius 1 is 1.28 bits per heavy atom. The number of thiophene rings is 2. The van der Waals surface area contributed by atoms with Crippen LogP contribution in [0.4, 0.5) is 5.82 Å². The molecule has 0 spiro atoms. The summed E-state index contributed by atoms with van der Waals surface area (Å²) in [6, 6.07) is 9.99. The Kier molecular flexibility index (Phi) is 4.85. The van der Waals surface area contributed by atoms with Gasteiger partial charge in [0.05, 0.1) is 17.6 Å². The Morgan fingerprint density at radius 3 is 2.96 bits per heavy atom. The molecule has 0 radical (unpaired) electrons. The van der Waals surface area contributed by atoms with Crippen molar-refractivity contribution in [2.24, 2.45) is 0 Å². The fraction of sp³-hybridized carbons (Fsp3) is 0.222. The number of hydrogen-bond acceptors (Lipinski definition) is 5. The number of hydrogen-bond donors (Lipinski definition) is 1. The summed E-state index contributed by atoms with van der Waals surface area (Å²) in [7, 11) is 0. The van der Waals surface area contributed by atoms with Crippen molar-refractivity contribution in [1.29, 1.82) is 0 Å². The molecule has 0 fully saturated rings. The average Bonchev–Trinajstić information content (AvgIpc) is 3.28. The minimum absolute atomic E-state index is 0.0601. The number of aromatic nitrogens is 1. The minimum Gasteiger partial charge on any atom is -0.310 e. The molecule has 3 aromatic heterocycles. The molecule has 4 rings (SSSR count). The molecule has 1 amide bonds. The molecular weight excluding hydrogens is 374 g/mol. The zero-order valence-electron chi connectivity index (χ0n) is 13.3. The van der Waals surface area contributed by atoms with Crippen LogP contribution < -0.4 is 5.32 Å². The summed E-state index contributed by atoms with van der Waals surface area (Å²) in [5.74, 6) is 0.463. The maximum Gasteiger partial charge on any atom is 0.239 e. The predicted molar refractivity (Wildman–Crippen MR) is 104 cm³/mol. The number of anilines is 1. The first-order valence-corrected chi connectivity index (χ1v) is 10.1. The van der Waals surface area contributed by atoms with Gasteiger partial charge in [-0.3, -0.25) is 9.69 Å². The van der Waals surface area contributed by atoms with Gasteiger partial charge in [-0.25, -0.2) is 4.98 Å². The van der Waals surface area contributed by atoms with Crippen molar-refractivity contribution in [2.45, 2.75) is 12.5 Å². The van der Waals surface area contributed by atoms with Crippen molar-refractivity contribution in [2.75, 3.05) is 18.4 Å². The number of rotatable bonds is 4. The molecule has 0 saturated heterocycles. The largest absolute Gasteiger partial charge is 0.310 e. The number of nitrogens with zero attached hydrogens (tertiary/aromatic N) is 2. The molecule has 128 valence electrons. The molecule has 1 aliphatic heterocycles. The number of amides is 1. The molecular formula is C18H16ClN3OS2. The normalized spacial score (nSPS) is 17.2. The summed E-state index contributed by atoms with van der Waals surface area (Å²) >= 11 is 9.38. The molecule has 0 aliphatic carbocycles. The fourth-order valence-corrected chi connectivity index (χ4v) is 5.03. The quantitative estimate of drug-likeness (QED) is 0.717. The molecule has 0 saturated carbocycles. The molecule has 4 nitrogen and oxygen atoms in total. The third-order valence-electron chi connectivity index (χ3n) is 4.22. The first kappa shape index (κ1) is 16.7. The molecule has 1 atom stereocenters. The minimum atomic E-state index is -0.0601. The number of carbonyl (C=O) groups is 1. The average molecular weight is 390 g/mol. The van der Waals surface area contributed by atoms with Crippen LogP contribution in [0.25, 0.3) is 0 Å². The first-order chi connectivity index (χ1) is 12.2. The van der Waals surface area contributed by atoms with Crippen molar-refractivity contribution in [1.82, 2.24) is 9.88 Å². The highest BCUT2D eigenvalue weighted by Gasteiger charge is 2.31. The lowest BCUT2D eigenvalue weighted by molar-refractivity contribution is -0.117. The lowest BCUT2D eigenvalue weighted by Crippen LogP contribution is -2.40. The van der Waals surface area contributed by atoms with Gasteiger partial charge < -0.3 is 5.32 Å². The first-order valence-electron chi connectivity index (χ1n) is 7.96. The number of halogens is 1. The number of pyridine rings is 1. The van der Waals surface area contributed by atoms with Crippen LogP contribution in [0.3, 0.4) is 0 Å². The Bertz CT molecular complexity index is 861. The van der Waals surface area contributed by atoms with Crippen molar-refractivity contribution < 1.29 is 4.79 Å². The Balaban J connectivity index is 1.52. The molecule has 1 unspecified atom stereocenters. The summed E-state index contributed by atoms with van der Waals surface area (Å²) < 4.78 is 0. The van der Waals surface area contributed by atoms with E-state index in [1.165, 1.54) is 21.5 Å². The van der Waals surface area contributed by atoms with E-state index in [9.17, 15) is 4.79 Å². The predicted octanol–water partition coefficient (Wildman–Crippen LogP) is 4.44. The Labute approximate surface area is 159 Å². The summed E-state index contributed by atoms with van der Waals surface area (Å²) in [6.45, 7) is 1.21. The van der Waals surface area contributed by atoms with Crippen molar-refractivity contribution in [3.8, 4) is 0 Å². The van der Waals surface area contributed by atoms with E-state index in [0.29, 0.717) is 17.4 Å². The Morgan fingerprint density at radius 2 is 2.20 bits per heavy atom.